The summed E-state index contributed by atoms with van der Waals surface area (Å²) in [4.78, 5) is 18.0. The zero-order chi connectivity index (χ0) is 26.4. The lowest BCUT2D eigenvalue weighted by molar-refractivity contribution is 0.385. The average Bonchev–Trinajstić information content (AvgIpc) is 2.88. The van der Waals surface area contributed by atoms with Gasteiger partial charge in [0.1, 0.15) is 17.3 Å². The number of benzene rings is 2. The SMILES string of the molecule is COc1ccc(OC)c(NC(=S)/N=C(/Nc2nc(C)cc(C)n2)N2CCN(c3ccc(F)cc3)CC2)c1. The van der Waals surface area contributed by atoms with E-state index >= 15 is 0 Å². The Morgan fingerprint density at radius 1 is 0.919 bits per heavy atom. The Kier molecular flexibility index (Phi) is 8.34. The van der Waals surface area contributed by atoms with Crippen LogP contribution in [0.15, 0.2) is 53.5 Å². The van der Waals surface area contributed by atoms with Crippen LogP contribution in [0.25, 0.3) is 0 Å². The van der Waals surface area contributed by atoms with Crippen LogP contribution in [-0.4, -0.2) is 66.3 Å². The topological polar surface area (TPSA) is 87.1 Å². The van der Waals surface area contributed by atoms with Gasteiger partial charge in [0.05, 0.1) is 19.9 Å². The van der Waals surface area contributed by atoms with Crippen LogP contribution in [-0.2, 0) is 0 Å². The third-order valence-corrected chi connectivity index (χ3v) is 6.03. The van der Waals surface area contributed by atoms with E-state index in [4.69, 9.17) is 26.7 Å². The average molecular weight is 524 g/mol. The molecule has 1 aromatic heterocycles. The summed E-state index contributed by atoms with van der Waals surface area (Å²) in [5.41, 5.74) is 3.31. The summed E-state index contributed by atoms with van der Waals surface area (Å²) in [5, 5.41) is 6.64. The van der Waals surface area contributed by atoms with Gasteiger partial charge in [-0.25, -0.2) is 14.4 Å². The van der Waals surface area contributed by atoms with Gasteiger partial charge in [-0.05, 0) is 68.5 Å². The maximum Gasteiger partial charge on any atom is 0.229 e. The van der Waals surface area contributed by atoms with Crippen molar-refractivity contribution in [3.05, 3.63) is 65.7 Å². The number of aromatic nitrogens is 2. The number of thiocarbonyl (C=S) groups is 1. The molecule has 37 heavy (non-hydrogen) atoms. The van der Waals surface area contributed by atoms with Crippen molar-refractivity contribution < 1.29 is 13.9 Å². The van der Waals surface area contributed by atoms with E-state index in [1.807, 2.05) is 19.9 Å². The highest BCUT2D eigenvalue weighted by molar-refractivity contribution is 7.80. The second kappa shape index (κ2) is 11.8. The van der Waals surface area contributed by atoms with Crippen LogP contribution in [0.1, 0.15) is 11.4 Å². The number of hydrogen-bond acceptors (Lipinski definition) is 6. The van der Waals surface area contributed by atoms with Crippen molar-refractivity contribution in [3.8, 4) is 11.5 Å². The highest BCUT2D eigenvalue weighted by Crippen LogP contribution is 2.29. The lowest BCUT2D eigenvalue weighted by Crippen LogP contribution is -2.51. The Bertz CT molecular complexity index is 1260. The largest absolute Gasteiger partial charge is 0.497 e. The molecule has 1 aliphatic heterocycles. The Labute approximate surface area is 221 Å². The number of ether oxygens (including phenoxy) is 2. The van der Waals surface area contributed by atoms with Gasteiger partial charge in [-0.1, -0.05) is 0 Å². The van der Waals surface area contributed by atoms with Gasteiger partial charge in [-0.3, -0.25) is 5.32 Å². The quantitative estimate of drug-likeness (QED) is 0.290. The second-order valence-corrected chi connectivity index (χ2v) is 8.87. The van der Waals surface area contributed by atoms with Gasteiger partial charge >= 0.3 is 0 Å². The second-order valence-electron chi connectivity index (χ2n) is 8.48. The first kappa shape index (κ1) is 26.1. The molecular weight excluding hydrogens is 493 g/mol. The van der Waals surface area contributed by atoms with Crippen molar-refractivity contribution in [1.82, 2.24) is 14.9 Å². The number of nitrogens with zero attached hydrogens (tertiary/aromatic N) is 5. The highest BCUT2D eigenvalue weighted by atomic mass is 32.1. The van der Waals surface area contributed by atoms with Crippen LogP contribution < -0.4 is 25.0 Å². The van der Waals surface area contributed by atoms with Gasteiger partial charge < -0.3 is 24.6 Å². The summed E-state index contributed by atoms with van der Waals surface area (Å²) in [6.45, 7) is 6.62. The van der Waals surface area contributed by atoms with Crippen molar-refractivity contribution in [2.45, 2.75) is 13.8 Å². The number of hydrogen-bond donors (Lipinski definition) is 2. The summed E-state index contributed by atoms with van der Waals surface area (Å²) < 4.78 is 24.1. The minimum absolute atomic E-state index is 0.236. The Balaban J connectivity index is 1.56. The lowest BCUT2D eigenvalue weighted by Gasteiger charge is -2.37. The van der Waals surface area contributed by atoms with E-state index < -0.39 is 0 Å². The first-order chi connectivity index (χ1) is 17.8. The van der Waals surface area contributed by atoms with Crippen molar-refractivity contribution in [2.75, 3.05) is 55.9 Å². The number of piperazine rings is 1. The minimum atomic E-state index is -0.247. The third kappa shape index (κ3) is 6.82. The number of anilines is 3. The summed E-state index contributed by atoms with van der Waals surface area (Å²) in [6.07, 6.45) is 0. The van der Waals surface area contributed by atoms with Crippen LogP contribution >= 0.6 is 12.2 Å². The fourth-order valence-corrected chi connectivity index (χ4v) is 4.24. The number of aliphatic imine (C=N–C) groups is 1. The normalized spacial score (nSPS) is 13.8. The lowest BCUT2D eigenvalue weighted by atomic mass is 10.2. The maximum absolute atomic E-state index is 13.4. The number of nitrogens with one attached hydrogen (secondary N) is 2. The van der Waals surface area contributed by atoms with E-state index in [2.05, 4.69) is 30.4 Å². The number of guanidine groups is 1. The first-order valence-corrected chi connectivity index (χ1v) is 12.2. The molecule has 0 radical (unpaired) electrons. The maximum atomic E-state index is 13.4. The summed E-state index contributed by atoms with van der Waals surface area (Å²) in [7, 11) is 3.18. The molecule has 1 fully saturated rings. The van der Waals surface area contributed by atoms with Crippen LogP contribution in [0.4, 0.5) is 21.7 Å². The number of rotatable bonds is 5. The van der Waals surface area contributed by atoms with E-state index in [1.165, 1.54) is 12.1 Å². The van der Waals surface area contributed by atoms with Gasteiger partial charge in [0.2, 0.25) is 17.0 Å². The van der Waals surface area contributed by atoms with Gasteiger partial charge in [-0.15, -0.1) is 0 Å². The highest BCUT2D eigenvalue weighted by Gasteiger charge is 2.22. The standard InChI is InChI=1S/C26H30FN7O2S/c1-17-15-18(2)29-24(28-17)31-25(32-26(37)30-22-16-21(35-3)9-10-23(22)36-4)34-13-11-33(12-14-34)20-7-5-19(27)6-8-20/h5-10,15-16H,11-14H2,1-4H3,(H2,28,29,30,31,32,37). The molecule has 1 saturated heterocycles. The van der Waals surface area contributed by atoms with Crippen molar-refractivity contribution in [1.29, 1.82) is 0 Å². The van der Waals surface area contributed by atoms with E-state index in [-0.39, 0.29) is 10.9 Å². The molecule has 9 nitrogen and oxygen atoms in total. The van der Waals surface area contributed by atoms with Crippen LogP contribution in [0, 0.1) is 19.7 Å². The number of methoxy groups -OCH3 is 2. The fourth-order valence-electron chi connectivity index (χ4n) is 4.04. The molecular formula is C26H30FN7O2S. The molecule has 3 aromatic rings. The molecule has 4 rings (SSSR count). The molecule has 2 aromatic carbocycles. The summed E-state index contributed by atoms with van der Waals surface area (Å²) >= 11 is 5.60. The predicted octanol–water partition coefficient (Wildman–Crippen LogP) is 4.24. The third-order valence-electron chi connectivity index (χ3n) is 5.83. The van der Waals surface area contributed by atoms with Crippen LogP contribution in [0.2, 0.25) is 0 Å². The van der Waals surface area contributed by atoms with Crippen molar-refractivity contribution in [3.63, 3.8) is 0 Å². The van der Waals surface area contributed by atoms with Crippen LogP contribution in [0.3, 0.4) is 0 Å². The van der Waals surface area contributed by atoms with Crippen LogP contribution in [0.5, 0.6) is 11.5 Å². The molecule has 0 amide bonds. The zero-order valence-electron chi connectivity index (χ0n) is 21.3. The van der Waals surface area contributed by atoms with E-state index in [1.54, 1.807) is 44.6 Å². The van der Waals surface area contributed by atoms with E-state index in [9.17, 15) is 4.39 Å². The number of halogens is 1. The molecule has 194 valence electrons. The minimum Gasteiger partial charge on any atom is -0.497 e. The molecule has 1 aliphatic rings. The smallest absolute Gasteiger partial charge is 0.229 e. The van der Waals surface area contributed by atoms with Gasteiger partial charge in [0, 0.05) is 49.3 Å². The molecule has 0 spiro atoms. The molecule has 0 bridgehead atoms. The summed E-state index contributed by atoms with van der Waals surface area (Å²) in [6, 6.07) is 13.8. The first-order valence-electron chi connectivity index (χ1n) is 11.8. The van der Waals surface area contributed by atoms with Crippen molar-refractivity contribution >= 4 is 40.6 Å². The molecule has 0 atom stereocenters. The molecule has 2 N–H and O–H groups in total. The number of aryl methyl sites for hydroxylation is 2. The van der Waals surface area contributed by atoms with E-state index in [0.29, 0.717) is 42.2 Å². The Morgan fingerprint density at radius 3 is 2.22 bits per heavy atom. The fraction of sp³-hybridized carbons (Fsp3) is 0.308. The summed E-state index contributed by atoms with van der Waals surface area (Å²) in [5.74, 6) is 2.00. The molecule has 0 unspecified atom stereocenters. The molecule has 11 heteroatoms. The molecule has 0 aliphatic carbocycles. The van der Waals surface area contributed by atoms with Crippen molar-refractivity contribution in [2.24, 2.45) is 4.99 Å². The van der Waals surface area contributed by atoms with Gasteiger partial charge in [0.25, 0.3) is 0 Å². The van der Waals surface area contributed by atoms with E-state index in [0.717, 1.165) is 30.2 Å². The zero-order valence-corrected chi connectivity index (χ0v) is 22.1. The van der Waals surface area contributed by atoms with Gasteiger partial charge in [0.15, 0.2) is 0 Å². The van der Waals surface area contributed by atoms with Gasteiger partial charge in [-0.2, -0.15) is 4.99 Å². The monoisotopic (exact) mass is 523 g/mol. The molecule has 0 saturated carbocycles. The molecule has 2 heterocycles. The predicted molar refractivity (Wildman–Crippen MR) is 149 cm³/mol. The Morgan fingerprint density at radius 2 is 1.59 bits per heavy atom. The Hall–Kier alpha value is -3.99.